The Morgan fingerprint density at radius 2 is 1.87 bits per heavy atom. The molecule has 5 heterocycles. The number of likely N-dealkylation sites (tertiary alicyclic amines) is 1. The van der Waals surface area contributed by atoms with E-state index in [9.17, 15) is 27.6 Å². The molecule has 4 aromatic heterocycles. The molecular formula is C32H27ClF3N7O3. The highest BCUT2D eigenvalue weighted by Crippen LogP contribution is 2.50. The van der Waals surface area contributed by atoms with E-state index in [2.05, 4.69) is 20.4 Å². The number of carbonyl (C=O) groups is 3. The molecule has 2 aliphatic rings. The quantitative estimate of drug-likeness (QED) is 0.235. The molecule has 7 rings (SSSR count). The number of carbonyl (C=O) groups excluding carboxylic acids is 3. The van der Waals surface area contributed by atoms with Gasteiger partial charge in [0, 0.05) is 47.7 Å². The third-order valence-electron chi connectivity index (χ3n) is 8.73. The van der Waals surface area contributed by atoms with Crippen molar-refractivity contribution in [3.8, 4) is 11.1 Å². The van der Waals surface area contributed by atoms with Gasteiger partial charge in [0.25, 0.3) is 0 Å². The predicted molar refractivity (Wildman–Crippen MR) is 163 cm³/mol. The van der Waals surface area contributed by atoms with Crippen molar-refractivity contribution >= 4 is 51.6 Å². The Morgan fingerprint density at radius 1 is 1.09 bits per heavy atom. The highest BCUT2D eigenvalue weighted by atomic mass is 35.5. The fourth-order valence-electron chi connectivity index (χ4n) is 6.54. The number of nitrogens with zero attached hydrogens (tertiary/aromatic N) is 6. The molecule has 236 valence electrons. The standard InChI is InChI=1S/C32H27ClF3N7O3/c1-15-6-18(20-10-37-26-7-16(2)40-43(26)12-20)8-22-23(17(3)44)13-41(28(15)22)14-27(45)42-11-19-9-21(19)29(42)31(46)39-30-24(33)4-5-25(38-30)32(34,35)36/h4-8,10,12-13,19,21,29H,9,11,14H2,1-3H3,(H,38,39,46)/t19-,21-,29+/m1/s1. The van der Waals surface area contributed by atoms with Gasteiger partial charge in [-0.2, -0.15) is 18.3 Å². The van der Waals surface area contributed by atoms with Gasteiger partial charge in [-0.1, -0.05) is 11.6 Å². The molecule has 0 unspecified atom stereocenters. The van der Waals surface area contributed by atoms with Gasteiger partial charge in [-0.3, -0.25) is 14.4 Å². The lowest BCUT2D eigenvalue weighted by Gasteiger charge is -2.27. The number of amides is 2. The predicted octanol–water partition coefficient (Wildman–Crippen LogP) is 5.72. The molecule has 1 aliphatic heterocycles. The minimum Gasteiger partial charge on any atom is -0.337 e. The molecule has 2 amide bonds. The Labute approximate surface area is 265 Å². The number of anilines is 1. The monoisotopic (exact) mass is 649 g/mol. The second kappa shape index (κ2) is 10.6. The Balaban J connectivity index is 1.18. The summed E-state index contributed by atoms with van der Waals surface area (Å²) in [6.07, 6.45) is 1.28. The van der Waals surface area contributed by atoms with Gasteiger partial charge >= 0.3 is 6.18 Å². The van der Waals surface area contributed by atoms with E-state index in [1.807, 2.05) is 38.2 Å². The zero-order valence-electron chi connectivity index (χ0n) is 24.9. The number of aromatic nitrogens is 5. The Hall–Kier alpha value is -4.78. The number of ketones is 1. The van der Waals surface area contributed by atoms with Crippen LogP contribution in [0.4, 0.5) is 19.0 Å². The molecule has 1 saturated carbocycles. The van der Waals surface area contributed by atoms with Crippen LogP contribution in [-0.4, -0.2) is 59.2 Å². The Kier molecular flexibility index (Phi) is 6.92. The molecule has 0 spiro atoms. The average Bonchev–Trinajstić information content (AvgIpc) is 3.29. The van der Waals surface area contributed by atoms with Crippen molar-refractivity contribution in [3.63, 3.8) is 0 Å². The second-order valence-corrected chi connectivity index (χ2v) is 12.4. The number of nitrogens with one attached hydrogen (secondary N) is 1. The van der Waals surface area contributed by atoms with Gasteiger partial charge in [0.1, 0.15) is 18.3 Å². The number of rotatable bonds is 6. The summed E-state index contributed by atoms with van der Waals surface area (Å²) in [4.78, 5) is 49.4. The zero-order chi connectivity index (χ0) is 32.7. The molecular weight excluding hydrogens is 623 g/mol. The van der Waals surface area contributed by atoms with Gasteiger partial charge in [-0.05, 0) is 74.4 Å². The van der Waals surface area contributed by atoms with Crippen LogP contribution in [-0.2, 0) is 22.3 Å². The summed E-state index contributed by atoms with van der Waals surface area (Å²) in [5, 5.41) is 7.40. The molecule has 1 saturated heterocycles. The van der Waals surface area contributed by atoms with Crippen LogP contribution >= 0.6 is 11.6 Å². The summed E-state index contributed by atoms with van der Waals surface area (Å²) < 4.78 is 43.1. The minimum absolute atomic E-state index is 0.114. The first kappa shape index (κ1) is 29.9. The summed E-state index contributed by atoms with van der Waals surface area (Å²) >= 11 is 6.06. The van der Waals surface area contributed by atoms with E-state index < -0.39 is 29.6 Å². The third kappa shape index (κ3) is 5.17. The molecule has 5 aromatic rings. The fraction of sp³-hybridized carbons (Fsp3) is 0.312. The molecule has 3 atom stereocenters. The highest BCUT2D eigenvalue weighted by Gasteiger charge is 2.57. The largest absolute Gasteiger partial charge is 0.433 e. The summed E-state index contributed by atoms with van der Waals surface area (Å²) in [6, 6.07) is 6.59. The van der Waals surface area contributed by atoms with Crippen molar-refractivity contribution in [3.05, 3.63) is 76.5 Å². The number of hydrogen-bond donors (Lipinski definition) is 1. The van der Waals surface area contributed by atoms with E-state index in [0.717, 1.165) is 40.9 Å². The van der Waals surface area contributed by atoms with Crippen molar-refractivity contribution in [2.75, 3.05) is 11.9 Å². The average molecular weight is 650 g/mol. The maximum Gasteiger partial charge on any atom is 0.433 e. The van der Waals surface area contributed by atoms with Crippen LogP contribution in [0.5, 0.6) is 0 Å². The van der Waals surface area contributed by atoms with Crippen molar-refractivity contribution in [1.82, 2.24) is 29.0 Å². The van der Waals surface area contributed by atoms with E-state index in [4.69, 9.17) is 11.6 Å². The summed E-state index contributed by atoms with van der Waals surface area (Å²) in [7, 11) is 0. The van der Waals surface area contributed by atoms with Crippen LogP contribution in [0.25, 0.3) is 27.7 Å². The van der Waals surface area contributed by atoms with Gasteiger partial charge in [-0.25, -0.2) is 14.5 Å². The summed E-state index contributed by atoms with van der Waals surface area (Å²) in [5.74, 6) is -1.58. The lowest BCUT2D eigenvalue weighted by molar-refractivity contribution is -0.141. The smallest absolute Gasteiger partial charge is 0.337 e. The zero-order valence-corrected chi connectivity index (χ0v) is 25.6. The maximum absolute atomic E-state index is 13.8. The van der Waals surface area contributed by atoms with Crippen LogP contribution in [0, 0.1) is 25.7 Å². The van der Waals surface area contributed by atoms with Crippen molar-refractivity contribution in [2.24, 2.45) is 11.8 Å². The molecule has 10 nitrogen and oxygen atoms in total. The molecule has 0 bridgehead atoms. The number of halogens is 4. The van der Waals surface area contributed by atoms with Gasteiger partial charge in [0.05, 0.1) is 16.2 Å². The van der Waals surface area contributed by atoms with Gasteiger partial charge in [0.2, 0.25) is 11.8 Å². The number of benzene rings is 1. The topological polar surface area (TPSA) is 114 Å². The molecule has 46 heavy (non-hydrogen) atoms. The fourth-order valence-corrected chi connectivity index (χ4v) is 6.70. The van der Waals surface area contributed by atoms with Crippen molar-refractivity contribution < 1.29 is 27.6 Å². The Bertz CT molecular complexity index is 2100. The first-order valence-electron chi connectivity index (χ1n) is 14.6. The van der Waals surface area contributed by atoms with E-state index in [-0.39, 0.29) is 35.1 Å². The molecule has 1 aromatic carbocycles. The van der Waals surface area contributed by atoms with Gasteiger partial charge < -0.3 is 14.8 Å². The normalized spacial score (nSPS) is 19.1. The van der Waals surface area contributed by atoms with Crippen LogP contribution in [0.15, 0.2) is 48.9 Å². The third-order valence-corrected chi connectivity index (χ3v) is 9.04. The van der Waals surface area contributed by atoms with Crippen LogP contribution < -0.4 is 5.32 Å². The first-order chi connectivity index (χ1) is 21.8. The number of fused-ring (bicyclic) bond motifs is 3. The van der Waals surface area contributed by atoms with Crippen molar-refractivity contribution in [1.29, 1.82) is 0 Å². The molecule has 2 fully saturated rings. The SMILES string of the molecule is CC(=O)c1cn(CC(=O)N2C[C@H]3C[C@H]3[C@H]2C(=O)Nc2nc(C(F)(F)F)ccc2Cl)c2c(C)cc(-c3cnc4cc(C)nn4c3)cc12. The number of Topliss-reactive ketones (excluding diaryl/α,β-unsaturated/α-hetero) is 1. The van der Waals surface area contributed by atoms with E-state index in [1.165, 1.54) is 11.8 Å². The number of aryl methyl sites for hydroxylation is 2. The van der Waals surface area contributed by atoms with E-state index in [1.54, 1.807) is 21.5 Å². The maximum atomic E-state index is 13.8. The van der Waals surface area contributed by atoms with Crippen molar-refractivity contribution in [2.45, 2.75) is 46.0 Å². The second-order valence-electron chi connectivity index (χ2n) is 12.0. The Morgan fingerprint density at radius 3 is 2.61 bits per heavy atom. The number of piperidine rings is 1. The summed E-state index contributed by atoms with van der Waals surface area (Å²) in [5.41, 5.74) is 3.97. The molecule has 14 heteroatoms. The van der Waals surface area contributed by atoms with Crippen LogP contribution in [0.3, 0.4) is 0 Å². The lowest BCUT2D eigenvalue weighted by atomic mass is 10.0. The first-order valence-corrected chi connectivity index (χ1v) is 15.0. The van der Waals surface area contributed by atoms with Gasteiger partial charge in [-0.15, -0.1) is 0 Å². The van der Waals surface area contributed by atoms with E-state index >= 15 is 0 Å². The van der Waals surface area contributed by atoms with Crippen LogP contribution in [0.2, 0.25) is 5.02 Å². The number of hydrogen-bond acceptors (Lipinski definition) is 6. The lowest BCUT2D eigenvalue weighted by Crippen LogP contribution is -2.47. The molecule has 1 aliphatic carbocycles. The van der Waals surface area contributed by atoms with Crippen LogP contribution in [0.1, 0.15) is 40.7 Å². The summed E-state index contributed by atoms with van der Waals surface area (Å²) in [6.45, 7) is 5.44. The molecule has 0 radical (unpaired) electrons. The highest BCUT2D eigenvalue weighted by molar-refractivity contribution is 6.33. The minimum atomic E-state index is -4.72. The van der Waals surface area contributed by atoms with Gasteiger partial charge in [0.15, 0.2) is 17.2 Å². The van der Waals surface area contributed by atoms with E-state index in [0.29, 0.717) is 28.7 Å². The number of alkyl halides is 3. The molecule has 1 N–H and O–H groups in total. The number of pyridine rings is 1.